The number of carbonyl (C=O) groups is 1. The number of aliphatic carboxylic acids is 1. The van der Waals surface area contributed by atoms with Gasteiger partial charge in [0.05, 0.1) is 13.7 Å². The molecule has 0 amide bonds. The highest BCUT2D eigenvalue weighted by Gasteiger charge is 2.20. The van der Waals surface area contributed by atoms with E-state index in [0.717, 1.165) is 16.7 Å². The van der Waals surface area contributed by atoms with Crippen LogP contribution < -0.4 is 4.74 Å². The van der Waals surface area contributed by atoms with Crippen LogP contribution in [0.15, 0.2) is 48.5 Å². The summed E-state index contributed by atoms with van der Waals surface area (Å²) in [4.78, 5) is 11.4. The van der Waals surface area contributed by atoms with Gasteiger partial charge in [0.2, 0.25) is 0 Å². The van der Waals surface area contributed by atoms with Crippen molar-refractivity contribution in [2.24, 2.45) is 0 Å². The minimum Gasteiger partial charge on any atom is -0.496 e. The van der Waals surface area contributed by atoms with Crippen LogP contribution in [0.5, 0.6) is 5.75 Å². The van der Waals surface area contributed by atoms with E-state index in [1.165, 1.54) is 0 Å². The maximum atomic E-state index is 11.4. The lowest BCUT2D eigenvalue weighted by Crippen LogP contribution is -2.26. The van der Waals surface area contributed by atoms with E-state index in [-0.39, 0.29) is 13.0 Å². The van der Waals surface area contributed by atoms with Gasteiger partial charge in [0.15, 0.2) is 6.10 Å². The lowest BCUT2D eigenvalue weighted by Gasteiger charge is -2.16. The Balaban J connectivity index is 2.09. The highest BCUT2D eigenvalue weighted by Crippen LogP contribution is 2.22. The molecule has 116 valence electrons. The third kappa shape index (κ3) is 4.33. The fraction of sp³-hybridized carbons (Fsp3) is 0.278. The smallest absolute Gasteiger partial charge is 0.333 e. The summed E-state index contributed by atoms with van der Waals surface area (Å²) in [5.41, 5.74) is 2.84. The van der Waals surface area contributed by atoms with Crippen LogP contribution in [0, 0.1) is 6.92 Å². The third-order valence-corrected chi connectivity index (χ3v) is 3.41. The van der Waals surface area contributed by atoms with Gasteiger partial charge in [-0.2, -0.15) is 0 Å². The number of carboxylic acid groups (broad SMARTS) is 1. The molecule has 0 aliphatic heterocycles. The Morgan fingerprint density at radius 3 is 2.55 bits per heavy atom. The molecule has 0 saturated heterocycles. The molecule has 0 aromatic heterocycles. The zero-order valence-electron chi connectivity index (χ0n) is 12.8. The van der Waals surface area contributed by atoms with E-state index < -0.39 is 12.1 Å². The molecule has 0 radical (unpaired) electrons. The molecule has 0 saturated carbocycles. The zero-order chi connectivity index (χ0) is 15.9. The SMILES string of the molecule is COc1ccc(C)cc1CC(OCc1ccccc1)C(=O)O. The Morgan fingerprint density at radius 1 is 1.18 bits per heavy atom. The van der Waals surface area contributed by atoms with Gasteiger partial charge in [0, 0.05) is 6.42 Å². The lowest BCUT2D eigenvalue weighted by molar-refractivity contribution is -0.151. The van der Waals surface area contributed by atoms with Gasteiger partial charge in [0.1, 0.15) is 5.75 Å². The first-order valence-corrected chi connectivity index (χ1v) is 7.12. The van der Waals surface area contributed by atoms with Crippen LogP contribution in [-0.2, 0) is 22.6 Å². The van der Waals surface area contributed by atoms with E-state index in [4.69, 9.17) is 9.47 Å². The zero-order valence-corrected chi connectivity index (χ0v) is 12.8. The maximum absolute atomic E-state index is 11.4. The van der Waals surface area contributed by atoms with Crippen molar-refractivity contribution in [2.75, 3.05) is 7.11 Å². The largest absolute Gasteiger partial charge is 0.496 e. The van der Waals surface area contributed by atoms with Crippen molar-refractivity contribution in [3.63, 3.8) is 0 Å². The standard InChI is InChI=1S/C18H20O4/c1-13-8-9-16(21-2)15(10-13)11-17(18(19)20)22-12-14-6-4-3-5-7-14/h3-10,17H,11-12H2,1-2H3,(H,19,20). The van der Waals surface area contributed by atoms with Gasteiger partial charge in [-0.25, -0.2) is 4.79 Å². The monoisotopic (exact) mass is 300 g/mol. The molecule has 2 aromatic rings. The summed E-state index contributed by atoms with van der Waals surface area (Å²) < 4.78 is 10.9. The van der Waals surface area contributed by atoms with Crippen LogP contribution in [0.3, 0.4) is 0 Å². The quantitative estimate of drug-likeness (QED) is 0.853. The first-order chi connectivity index (χ1) is 10.6. The first-order valence-electron chi connectivity index (χ1n) is 7.12. The first kappa shape index (κ1) is 16.0. The normalized spacial score (nSPS) is 11.9. The van der Waals surface area contributed by atoms with E-state index in [1.807, 2.05) is 55.5 Å². The van der Waals surface area contributed by atoms with Gasteiger partial charge in [0.25, 0.3) is 0 Å². The van der Waals surface area contributed by atoms with Crippen LogP contribution in [0.4, 0.5) is 0 Å². The second-order valence-corrected chi connectivity index (χ2v) is 5.14. The molecule has 4 nitrogen and oxygen atoms in total. The van der Waals surface area contributed by atoms with E-state index >= 15 is 0 Å². The molecule has 1 unspecified atom stereocenters. The summed E-state index contributed by atoms with van der Waals surface area (Å²) >= 11 is 0. The van der Waals surface area contributed by atoms with Crippen LogP contribution >= 0.6 is 0 Å². The van der Waals surface area contributed by atoms with Crippen LogP contribution in [0.25, 0.3) is 0 Å². The molecule has 0 spiro atoms. The summed E-state index contributed by atoms with van der Waals surface area (Å²) in [5.74, 6) is -0.292. The van der Waals surface area contributed by atoms with Crippen molar-refractivity contribution in [1.29, 1.82) is 0 Å². The van der Waals surface area contributed by atoms with Crippen molar-refractivity contribution < 1.29 is 19.4 Å². The topological polar surface area (TPSA) is 55.8 Å². The molecule has 2 rings (SSSR count). The number of hydrogen-bond acceptors (Lipinski definition) is 3. The predicted octanol–water partition coefficient (Wildman–Crippen LogP) is 3.22. The Labute approximate surface area is 130 Å². The fourth-order valence-corrected chi connectivity index (χ4v) is 2.26. The maximum Gasteiger partial charge on any atom is 0.333 e. The van der Waals surface area contributed by atoms with Gasteiger partial charge in [-0.05, 0) is 24.1 Å². The molecule has 22 heavy (non-hydrogen) atoms. The average molecular weight is 300 g/mol. The number of hydrogen-bond donors (Lipinski definition) is 1. The summed E-state index contributed by atoms with van der Waals surface area (Å²) in [6.07, 6.45) is -0.636. The number of aryl methyl sites for hydroxylation is 1. The number of carboxylic acids is 1. The number of ether oxygens (including phenoxy) is 2. The molecule has 2 aromatic carbocycles. The second kappa shape index (κ2) is 7.61. The van der Waals surface area contributed by atoms with Crippen molar-refractivity contribution >= 4 is 5.97 Å². The molecule has 0 aliphatic carbocycles. The lowest BCUT2D eigenvalue weighted by atomic mass is 10.0. The van der Waals surface area contributed by atoms with Gasteiger partial charge < -0.3 is 14.6 Å². The van der Waals surface area contributed by atoms with E-state index in [0.29, 0.717) is 5.75 Å². The highest BCUT2D eigenvalue weighted by atomic mass is 16.5. The van der Waals surface area contributed by atoms with Crippen molar-refractivity contribution in [1.82, 2.24) is 0 Å². The summed E-state index contributed by atoms with van der Waals surface area (Å²) in [6, 6.07) is 15.2. The predicted molar refractivity (Wildman–Crippen MR) is 84.1 cm³/mol. The third-order valence-electron chi connectivity index (χ3n) is 3.41. The fourth-order valence-electron chi connectivity index (χ4n) is 2.26. The van der Waals surface area contributed by atoms with E-state index in [2.05, 4.69) is 0 Å². The van der Waals surface area contributed by atoms with Crippen LogP contribution in [0.2, 0.25) is 0 Å². The molecule has 0 fully saturated rings. The van der Waals surface area contributed by atoms with Crippen LogP contribution in [0.1, 0.15) is 16.7 Å². The average Bonchev–Trinajstić information content (AvgIpc) is 2.52. The second-order valence-electron chi connectivity index (χ2n) is 5.14. The molecule has 1 N–H and O–H groups in total. The summed E-state index contributed by atoms with van der Waals surface area (Å²) in [5, 5.41) is 9.38. The minimum atomic E-state index is -0.973. The van der Waals surface area contributed by atoms with Gasteiger partial charge in [-0.1, -0.05) is 48.0 Å². The molecule has 0 heterocycles. The van der Waals surface area contributed by atoms with E-state index in [9.17, 15) is 9.90 Å². The molecule has 1 atom stereocenters. The van der Waals surface area contributed by atoms with Crippen LogP contribution in [-0.4, -0.2) is 24.3 Å². The molecular weight excluding hydrogens is 280 g/mol. The van der Waals surface area contributed by atoms with Gasteiger partial charge in [-0.15, -0.1) is 0 Å². The van der Waals surface area contributed by atoms with Crippen molar-refractivity contribution in [2.45, 2.75) is 26.1 Å². The van der Waals surface area contributed by atoms with Crippen molar-refractivity contribution in [3.8, 4) is 5.75 Å². The Hall–Kier alpha value is -2.33. The molecular formula is C18H20O4. The summed E-state index contributed by atoms with van der Waals surface area (Å²) in [7, 11) is 1.58. The minimum absolute atomic E-state index is 0.270. The van der Waals surface area contributed by atoms with Gasteiger partial charge in [-0.3, -0.25) is 0 Å². The van der Waals surface area contributed by atoms with Crippen molar-refractivity contribution in [3.05, 3.63) is 65.2 Å². The number of methoxy groups -OCH3 is 1. The Kier molecular flexibility index (Phi) is 5.55. The highest BCUT2D eigenvalue weighted by molar-refractivity contribution is 5.73. The van der Waals surface area contributed by atoms with E-state index in [1.54, 1.807) is 7.11 Å². The number of rotatable bonds is 7. The molecule has 0 aliphatic rings. The van der Waals surface area contributed by atoms with Gasteiger partial charge >= 0.3 is 5.97 Å². The number of benzene rings is 2. The Morgan fingerprint density at radius 2 is 1.91 bits per heavy atom. The Bertz CT molecular complexity index is 622. The molecule has 0 bridgehead atoms. The molecule has 4 heteroatoms. The summed E-state index contributed by atoms with van der Waals surface area (Å²) in [6.45, 7) is 2.23.